The van der Waals surface area contributed by atoms with E-state index in [4.69, 9.17) is 0 Å². The lowest BCUT2D eigenvalue weighted by Gasteiger charge is -2.40. The Kier molecular flexibility index (Phi) is 6.96. The van der Waals surface area contributed by atoms with E-state index in [1.165, 1.54) is 12.1 Å². The lowest BCUT2D eigenvalue weighted by Crippen LogP contribution is -2.41. The largest absolute Gasteiger partial charge is 0.504 e. The van der Waals surface area contributed by atoms with Gasteiger partial charge < -0.3 is 20.4 Å². The molecule has 1 aliphatic heterocycles. The topological polar surface area (TPSA) is 116 Å². The number of halogens is 1. The minimum absolute atomic E-state index is 0.110. The van der Waals surface area contributed by atoms with Crippen LogP contribution >= 0.6 is 0 Å². The molecule has 1 aliphatic rings. The first-order valence-corrected chi connectivity index (χ1v) is 10.7. The Morgan fingerprint density at radius 2 is 1.84 bits per heavy atom. The Morgan fingerprint density at radius 1 is 1.22 bits per heavy atom. The summed E-state index contributed by atoms with van der Waals surface area (Å²) in [5.41, 5.74) is 0.934. The fraction of sp³-hybridized carbons (Fsp3) is 0.478. The molecule has 0 saturated carbocycles. The van der Waals surface area contributed by atoms with Crippen LogP contribution in [-0.2, 0) is 11.2 Å². The van der Waals surface area contributed by atoms with E-state index in [9.17, 15) is 24.2 Å². The van der Waals surface area contributed by atoms with Gasteiger partial charge in [0, 0.05) is 25.2 Å². The van der Waals surface area contributed by atoms with Crippen LogP contribution in [0.3, 0.4) is 0 Å². The molecule has 3 N–H and O–H groups in total. The second kappa shape index (κ2) is 9.50. The third-order valence-electron chi connectivity index (χ3n) is 6.08. The molecule has 8 nitrogen and oxygen atoms in total. The van der Waals surface area contributed by atoms with Crippen LogP contribution in [0.25, 0.3) is 0 Å². The summed E-state index contributed by atoms with van der Waals surface area (Å²) in [7, 11) is 0. The molecular formula is C23H29FN4O4. The van der Waals surface area contributed by atoms with Crippen molar-refractivity contribution in [2.24, 2.45) is 5.41 Å². The summed E-state index contributed by atoms with van der Waals surface area (Å²) in [5.74, 6) is -2.05. The molecule has 0 bridgehead atoms. The Balaban J connectivity index is 1.72. The summed E-state index contributed by atoms with van der Waals surface area (Å²) in [6.07, 6.45) is 2.43. The third-order valence-corrected chi connectivity index (χ3v) is 6.08. The van der Waals surface area contributed by atoms with E-state index in [0.29, 0.717) is 12.2 Å². The van der Waals surface area contributed by atoms with Crippen molar-refractivity contribution >= 4 is 17.6 Å². The van der Waals surface area contributed by atoms with E-state index in [1.807, 2.05) is 0 Å². The normalized spacial score (nSPS) is 16.4. The van der Waals surface area contributed by atoms with Gasteiger partial charge in [0.05, 0.1) is 5.69 Å². The first-order chi connectivity index (χ1) is 15.1. The van der Waals surface area contributed by atoms with E-state index in [-0.39, 0.29) is 34.8 Å². The lowest BCUT2D eigenvalue weighted by molar-refractivity contribution is -0.139. The van der Waals surface area contributed by atoms with Crippen molar-refractivity contribution in [3.63, 3.8) is 0 Å². The van der Waals surface area contributed by atoms with Gasteiger partial charge in [0.25, 0.3) is 5.91 Å². The lowest BCUT2D eigenvalue weighted by atomic mass is 9.77. The van der Waals surface area contributed by atoms with Crippen molar-refractivity contribution in [1.29, 1.82) is 0 Å². The fourth-order valence-corrected chi connectivity index (χ4v) is 3.94. The van der Waals surface area contributed by atoms with Crippen LogP contribution in [0.5, 0.6) is 5.75 Å². The predicted molar refractivity (Wildman–Crippen MR) is 117 cm³/mol. The molecule has 9 heteroatoms. The zero-order chi connectivity index (χ0) is 23.5. The monoisotopic (exact) mass is 444 g/mol. The molecule has 1 aromatic carbocycles. The number of carboxylic acids is 1. The van der Waals surface area contributed by atoms with Crippen LogP contribution < -0.4 is 10.2 Å². The number of carbonyl (C=O) groups is 2. The highest BCUT2D eigenvalue weighted by Crippen LogP contribution is 2.36. The minimum Gasteiger partial charge on any atom is -0.504 e. The van der Waals surface area contributed by atoms with Gasteiger partial charge in [-0.15, -0.1) is 0 Å². The summed E-state index contributed by atoms with van der Waals surface area (Å²) in [5, 5.41) is 21.9. The summed E-state index contributed by atoms with van der Waals surface area (Å²) in [6.45, 7) is 6.96. The highest BCUT2D eigenvalue weighted by Gasteiger charge is 2.32. The van der Waals surface area contributed by atoms with Crippen LogP contribution in [0.2, 0.25) is 0 Å². The second-order valence-corrected chi connectivity index (χ2v) is 8.65. The third kappa shape index (κ3) is 5.33. The smallest absolute Gasteiger partial charge is 0.326 e. The van der Waals surface area contributed by atoms with Gasteiger partial charge >= 0.3 is 5.97 Å². The number of aromatic nitrogens is 2. The molecule has 1 atom stereocenters. The van der Waals surface area contributed by atoms with Crippen LogP contribution in [0, 0.1) is 18.2 Å². The van der Waals surface area contributed by atoms with E-state index in [0.717, 1.165) is 31.6 Å². The second-order valence-electron chi connectivity index (χ2n) is 8.65. The molecule has 3 rings (SSSR count). The highest BCUT2D eigenvalue weighted by atomic mass is 19.1. The van der Waals surface area contributed by atoms with Gasteiger partial charge in [0.1, 0.15) is 17.7 Å². The molecule has 1 aromatic heterocycles. The van der Waals surface area contributed by atoms with Crippen molar-refractivity contribution in [2.45, 2.75) is 52.5 Å². The van der Waals surface area contributed by atoms with Crippen molar-refractivity contribution in [3.05, 3.63) is 47.3 Å². The number of carbonyl (C=O) groups excluding carboxylic acids is 1. The number of benzene rings is 1. The number of anilines is 1. The number of hydrogen-bond acceptors (Lipinski definition) is 6. The SMILES string of the molecule is CCC(NC(=O)c1nc(CC2(C)CCN(c3ccc(F)cc3)CC2)nc(C)c1O)C(=O)O. The number of hydrogen-bond donors (Lipinski definition) is 3. The molecule has 0 spiro atoms. The number of amides is 1. The van der Waals surface area contributed by atoms with E-state index >= 15 is 0 Å². The Bertz CT molecular complexity index is 988. The van der Waals surface area contributed by atoms with Gasteiger partial charge in [-0.25, -0.2) is 19.2 Å². The van der Waals surface area contributed by atoms with Crippen LogP contribution in [0.4, 0.5) is 10.1 Å². The Labute approximate surface area is 186 Å². The number of rotatable bonds is 7. The van der Waals surface area contributed by atoms with Crippen molar-refractivity contribution < 1.29 is 24.2 Å². The van der Waals surface area contributed by atoms with Crippen LogP contribution in [-0.4, -0.2) is 51.2 Å². The predicted octanol–water partition coefficient (Wildman–Crippen LogP) is 3.07. The molecule has 2 aromatic rings. The summed E-state index contributed by atoms with van der Waals surface area (Å²) in [4.78, 5) is 34.7. The van der Waals surface area contributed by atoms with Gasteiger partial charge in [-0.3, -0.25) is 4.79 Å². The first-order valence-electron chi connectivity index (χ1n) is 10.7. The van der Waals surface area contributed by atoms with Crippen LogP contribution in [0.1, 0.15) is 55.1 Å². The zero-order valence-electron chi connectivity index (χ0n) is 18.6. The molecule has 1 unspecified atom stereocenters. The number of aliphatic carboxylic acids is 1. The van der Waals surface area contributed by atoms with Gasteiger partial charge in [-0.2, -0.15) is 0 Å². The standard InChI is InChI=1S/C23H29FN4O4/c1-4-17(22(31)32)26-21(30)19-20(29)14(2)25-18(27-19)13-23(3)9-11-28(12-10-23)16-7-5-15(24)6-8-16/h5-8,17,29H,4,9-13H2,1-3H3,(H,26,30)(H,31,32). The summed E-state index contributed by atoms with van der Waals surface area (Å²) >= 11 is 0. The van der Waals surface area contributed by atoms with Crippen LogP contribution in [0.15, 0.2) is 24.3 Å². The molecule has 0 aliphatic carbocycles. The summed E-state index contributed by atoms with van der Waals surface area (Å²) in [6, 6.07) is 5.40. The fourth-order valence-electron chi connectivity index (χ4n) is 3.94. The van der Waals surface area contributed by atoms with Gasteiger partial charge in [-0.05, 0) is 55.9 Å². The number of piperidine rings is 1. The van der Waals surface area contributed by atoms with E-state index in [2.05, 4.69) is 27.1 Å². The van der Waals surface area contributed by atoms with Crippen molar-refractivity contribution in [3.8, 4) is 5.75 Å². The summed E-state index contributed by atoms with van der Waals surface area (Å²) < 4.78 is 13.2. The van der Waals surface area contributed by atoms with Gasteiger partial charge in [-0.1, -0.05) is 13.8 Å². The maximum absolute atomic E-state index is 13.2. The number of aromatic hydroxyl groups is 1. The van der Waals surface area contributed by atoms with E-state index in [1.54, 1.807) is 26.0 Å². The number of carboxylic acid groups (broad SMARTS) is 1. The molecule has 1 amide bonds. The number of nitrogens with zero attached hydrogens (tertiary/aromatic N) is 3. The van der Waals surface area contributed by atoms with Crippen molar-refractivity contribution in [2.75, 3.05) is 18.0 Å². The molecular weight excluding hydrogens is 415 g/mol. The molecule has 0 radical (unpaired) electrons. The number of nitrogens with one attached hydrogen (secondary N) is 1. The average molecular weight is 445 g/mol. The molecule has 2 heterocycles. The Hall–Kier alpha value is -3.23. The Morgan fingerprint density at radius 3 is 2.41 bits per heavy atom. The van der Waals surface area contributed by atoms with Gasteiger partial charge in [0.15, 0.2) is 11.4 Å². The maximum atomic E-state index is 13.2. The molecule has 1 fully saturated rings. The maximum Gasteiger partial charge on any atom is 0.326 e. The molecule has 172 valence electrons. The quantitative estimate of drug-likeness (QED) is 0.601. The minimum atomic E-state index is -1.15. The number of aryl methyl sites for hydroxylation is 1. The first kappa shape index (κ1) is 23.4. The molecule has 1 saturated heterocycles. The average Bonchev–Trinajstić information content (AvgIpc) is 2.75. The van der Waals surface area contributed by atoms with Gasteiger partial charge in [0.2, 0.25) is 0 Å². The highest BCUT2D eigenvalue weighted by molar-refractivity contribution is 5.97. The van der Waals surface area contributed by atoms with Crippen molar-refractivity contribution in [1.82, 2.24) is 15.3 Å². The molecule has 32 heavy (non-hydrogen) atoms. The zero-order valence-corrected chi connectivity index (χ0v) is 18.6. The van der Waals surface area contributed by atoms with E-state index < -0.39 is 17.9 Å².